The molecule has 2 bridgehead atoms. The Hall–Kier alpha value is -1.55. The largest absolute Gasteiger partial charge is 0.493 e. The second-order valence-electron chi connectivity index (χ2n) is 7.05. The van der Waals surface area contributed by atoms with Gasteiger partial charge in [-0.05, 0) is 57.7 Å². The van der Waals surface area contributed by atoms with Gasteiger partial charge in [0.2, 0.25) is 0 Å². The summed E-state index contributed by atoms with van der Waals surface area (Å²) in [7, 11) is 0. The molecule has 132 valence electrons. The van der Waals surface area contributed by atoms with Crippen molar-refractivity contribution >= 4 is 5.91 Å². The fraction of sp³-hybridized carbons (Fsp3) is 0.650. The number of hydrogen-bond acceptors (Lipinski definition) is 3. The van der Waals surface area contributed by atoms with Crippen LogP contribution in [0.4, 0.5) is 0 Å². The number of carbonyl (C=O) groups is 1. The Labute approximate surface area is 145 Å². The van der Waals surface area contributed by atoms with Gasteiger partial charge in [0.25, 0.3) is 5.91 Å². The summed E-state index contributed by atoms with van der Waals surface area (Å²) in [6.45, 7) is 5.97. The number of nitrogens with zero attached hydrogens (tertiary/aromatic N) is 1. The topological polar surface area (TPSA) is 41.6 Å². The van der Waals surface area contributed by atoms with E-state index in [2.05, 4.69) is 17.1 Å². The molecule has 0 aromatic heterocycles. The number of para-hydroxylation sites is 1. The van der Waals surface area contributed by atoms with Gasteiger partial charge in [0.1, 0.15) is 5.75 Å². The predicted molar refractivity (Wildman–Crippen MR) is 96.5 cm³/mol. The van der Waals surface area contributed by atoms with Crippen molar-refractivity contribution in [3.63, 3.8) is 0 Å². The van der Waals surface area contributed by atoms with Crippen LogP contribution in [0.25, 0.3) is 0 Å². The lowest BCUT2D eigenvalue weighted by atomic mass is 9.81. The van der Waals surface area contributed by atoms with Crippen LogP contribution in [0.5, 0.6) is 5.75 Å². The number of rotatable bonds is 6. The van der Waals surface area contributed by atoms with Crippen LogP contribution in [0.1, 0.15) is 62.7 Å². The molecule has 1 amide bonds. The molecule has 4 heteroatoms. The van der Waals surface area contributed by atoms with Crippen LogP contribution < -0.4 is 10.1 Å². The van der Waals surface area contributed by atoms with E-state index in [-0.39, 0.29) is 11.9 Å². The van der Waals surface area contributed by atoms with Gasteiger partial charge in [-0.1, -0.05) is 25.5 Å². The molecule has 0 spiro atoms. The number of benzene rings is 1. The maximum atomic E-state index is 12.7. The first-order valence-corrected chi connectivity index (χ1v) is 9.51. The van der Waals surface area contributed by atoms with Crippen LogP contribution in [0.15, 0.2) is 24.3 Å². The average molecular weight is 330 g/mol. The van der Waals surface area contributed by atoms with Crippen LogP contribution in [0.2, 0.25) is 0 Å². The summed E-state index contributed by atoms with van der Waals surface area (Å²) in [5.41, 5.74) is 0.653. The maximum absolute atomic E-state index is 12.7. The molecule has 4 nitrogen and oxygen atoms in total. The van der Waals surface area contributed by atoms with Crippen molar-refractivity contribution in [2.45, 2.75) is 70.5 Å². The number of hydrogen-bond donors (Lipinski definition) is 1. The van der Waals surface area contributed by atoms with E-state index in [1.165, 1.54) is 32.2 Å². The molecule has 2 heterocycles. The van der Waals surface area contributed by atoms with Crippen molar-refractivity contribution in [1.29, 1.82) is 0 Å². The zero-order valence-electron chi connectivity index (χ0n) is 15.0. The first kappa shape index (κ1) is 17.3. The summed E-state index contributed by atoms with van der Waals surface area (Å²) in [5, 5.41) is 3.28. The summed E-state index contributed by atoms with van der Waals surface area (Å²) >= 11 is 0. The first-order chi connectivity index (χ1) is 11.7. The molecule has 0 radical (unpaired) electrons. The molecule has 1 aromatic rings. The monoisotopic (exact) mass is 330 g/mol. The number of carbonyl (C=O) groups excluding carboxylic acids is 1. The van der Waals surface area contributed by atoms with Crippen LogP contribution in [0, 0.1) is 0 Å². The third-order valence-corrected chi connectivity index (χ3v) is 5.37. The Morgan fingerprint density at radius 3 is 2.58 bits per heavy atom. The minimum absolute atomic E-state index is 0.00562. The highest BCUT2D eigenvalue weighted by atomic mass is 16.5. The number of amides is 1. The van der Waals surface area contributed by atoms with Gasteiger partial charge in [-0.2, -0.15) is 0 Å². The number of nitrogens with one attached hydrogen (secondary N) is 1. The van der Waals surface area contributed by atoms with Gasteiger partial charge in [-0.3, -0.25) is 9.69 Å². The van der Waals surface area contributed by atoms with E-state index in [9.17, 15) is 4.79 Å². The Kier molecular flexibility index (Phi) is 5.77. The van der Waals surface area contributed by atoms with E-state index in [0.717, 1.165) is 12.8 Å². The molecule has 2 aliphatic heterocycles. The van der Waals surface area contributed by atoms with Gasteiger partial charge in [-0.25, -0.2) is 0 Å². The highest BCUT2D eigenvalue weighted by molar-refractivity contribution is 5.97. The van der Waals surface area contributed by atoms with Crippen LogP contribution in [0.3, 0.4) is 0 Å². The lowest BCUT2D eigenvalue weighted by molar-refractivity contribution is 0.0244. The van der Waals surface area contributed by atoms with E-state index in [0.29, 0.717) is 30.0 Å². The van der Waals surface area contributed by atoms with Crippen molar-refractivity contribution in [3.8, 4) is 5.75 Å². The molecular formula is C20H30N2O2. The van der Waals surface area contributed by atoms with E-state index in [1.807, 2.05) is 31.2 Å². The first-order valence-electron chi connectivity index (χ1n) is 9.51. The average Bonchev–Trinajstić information content (AvgIpc) is 2.56. The van der Waals surface area contributed by atoms with Gasteiger partial charge in [0, 0.05) is 18.1 Å². The molecule has 2 aliphatic rings. The quantitative estimate of drug-likeness (QED) is 0.866. The van der Waals surface area contributed by atoms with Gasteiger partial charge in [-0.15, -0.1) is 0 Å². The summed E-state index contributed by atoms with van der Waals surface area (Å²) in [6, 6.07) is 9.11. The highest BCUT2D eigenvalue weighted by Gasteiger charge is 2.38. The molecule has 0 aliphatic carbocycles. The van der Waals surface area contributed by atoms with Crippen LogP contribution in [-0.4, -0.2) is 42.1 Å². The molecule has 24 heavy (non-hydrogen) atoms. The number of ether oxygens (including phenoxy) is 1. The summed E-state index contributed by atoms with van der Waals surface area (Å²) < 4.78 is 5.60. The fourth-order valence-electron chi connectivity index (χ4n) is 4.42. The minimum atomic E-state index is 0.00562. The lowest BCUT2D eigenvalue weighted by Gasteiger charge is -2.49. The van der Waals surface area contributed by atoms with Crippen molar-refractivity contribution in [2.24, 2.45) is 0 Å². The number of fused-ring (bicyclic) bond motifs is 2. The van der Waals surface area contributed by atoms with E-state index < -0.39 is 0 Å². The SMILES string of the molecule is CCCN1[C@@H]2CCC[C@H]1CC(NC(=O)c1ccccc1OCC)C2. The van der Waals surface area contributed by atoms with Crippen LogP contribution in [-0.2, 0) is 0 Å². The lowest BCUT2D eigenvalue weighted by Crippen LogP contribution is -2.57. The normalized spacial score (nSPS) is 26.8. The molecule has 1 unspecified atom stereocenters. The molecule has 2 fully saturated rings. The molecule has 0 saturated carbocycles. The number of piperidine rings is 2. The van der Waals surface area contributed by atoms with E-state index >= 15 is 0 Å². The van der Waals surface area contributed by atoms with Gasteiger partial charge in [0.05, 0.1) is 12.2 Å². The zero-order chi connectivity index (χ0) is 16.9. The second kappa shape index (κ2) is 8.02. The summed E-state index contributed by atoms with van der Waals surface area (Å²) in [6.07, 6.45) is 7.27. The van der Waals surface area contributed by atoms with Crippen molar-refractivity contribution in [2.75, 3.05) is 13.2 Å². The smallest absolute Gasteiger partial charge is 0.255 e. The zero-order valence-corrected chi connectivity index (χ0v) is 15.0. The van der Waals surface area contributed by atoms with E-state index in [4.69, 9.17) is 4.74 Å². The van der Waals surface area contributed by atoms with Gasteiger partial charge >= 0.3 is 0 Å². The molecule has 2 saturated heterocycles. The molecule has 3 rings (SSSR count). The third-order valence-electron chi connectivity index (χ3n) is 5.37. The molecule has 3 atom stereocenters. The van der Waals surface area contributed by atoms with Gasteiger partial charge in [0.15, 0.2) is 0 Å². The van der Waals surface area contributed by atoms with Crippen molar-refractivity contribution in [3.05, 3.63) is 29.8 Å². The maximum Gasteiger partial charge on any atom is 0.255 e. The van der Waals surface area contributed by atoms with Crippen molar-refractivity contribution < 1.29 is 9.53 Å². The molecular weight excluding hydrogens is 300 g/mol. The predicted octanol–water partition coefficient (Wildman–Crippen LogP) is 3.61. The molecule has 1 N–H and O–H groups in total. The summed E-state index contributed by atoms with van der Waals surface area (Å²) in [4.78, 5) is 15.4. The van der Waals surface area contributed by atoms with Crippen LogP contribution >= 0.6 is 0 Å². The Bertz CT molecular complexity index is 546. The minimum Gasteiger partial charge on any atom is -0.493 e. The van der Waals surface area contributed by atoms with Crippen molar-refractivity contribution in [1.82, 2.24) is 10.2 Å². The Morgan fingerprint density at radius 2 is 1.92 bits per heavy atom. The fourth-order valence-corrected chi connectivity index (χ4v) is 4.42. The highest BCUT2D eigenvalue weighted by Crippen LogP contribution is 2.34. The third kappa shape index (κ3) is 3.75. The Morgan fingerprint density at radius 1 is 1.21 bits per heavy atom. The standard InChI is InChI=1S/C20H30N2O2/c1-3-12-22-16-8-7-9-17(22)14-15(13-16)21-20(23)18-10-5-6-11-19(18)24-4-2/h5-6,10-11,15-17H,3-4,7-9,12-14H2,1-2H3,(H,21,23)/t15?,16-,17+. The summed E-state index contributed by atoms with van der Waals surface area (Å²) in [5.74, 6) is 0.687. The van der Waals surface area contributed by atoms with E-state index in [1.54, 1.807) is 0 Å². The van der Waals surface area contributed by atoms with Gasteiger partial charge < -0.3 is 10.1 Å². The molecule has 1 aromatic carbocycles. The second-order valence-corrected chi connectivity index (χ2v) is 7.05. The Balaban J connectivity index is 1.66.